The van der Waals surface area contributed by atoms with Crippen molar-refractivity contribution in [3.05, 3.63) is 30.6 Å². The lowest BCUT2D eigenvalue weighted by Crippen LogP contribution is -2.40. The van der Waals surface area contributed by atoms with Gasteiger partial charge in [0.15, 0.2) is 5.67 Å². The molecule has 1 aliphatic rings. The molecule has 0 saturated heterocycles. The number of amides is 1. The van der Waals surface area contributed by atoms with E-state index in [0.29, 0.717) is 18.5 Å². The van der Waals surface area contributed by atoms with E-state index in [1.54, 1.807) is 16.9 Å². The molecule has 7 heteroatoms. The van der Waals surface area contributed by atoms with Crippen LogP contribution in [-0.4, -0.2) is 21.4 Å². The Bertz CT molecular complexity index is 740. The third-order valence-electron chi connectivity index (χ3n) is 4.39. The molecule has 0 aliphatic heterocycles. The molecule has 0 bridgehead atoms. The zero-order chi connectivity index (χ0) is 17.2. The maximum absolute atomic E-state index is 14.8. The topological polar surface area (TPSA) is 72.9 Å². The number of halogens is 1. The minimum Gasteiger partial charge on any atom is -0.323 e. The normalized spacial score (nSPS) is 16.8. The minimum atomic E-state index is -1.77. The molecule has 24 heavy (non-hydrogen) atoms. The number of hydrogen-bond donors (Lipinski definition) is 2. The number of carbonyl (C=O) groups excluding carboxylic acids is 1. The third-order valence-corrected chi connectivity index (χ3v) is 4.90. The summed E-state index contributed by atoms with van der Waals surface area (Å²) in [5.74, 6) is -0.557. The number of anilines is 1. The standard InChI is InChI=1S/C17H21FN4OS/c1-22-11-13(10-20-22)12-7-14(9-15(8-12)24-19)21-16(23)17(18)5-3-2-4-6-17/h7-11H,2-6,19H2,1H3,(H,21,23). The molecule has 1 saturated carbocycles. The van der Waals surface area contributed by atoms with Gasteiger partial charge >= 0.3 is 0 Å². The lowest BCUT2D eigenvalue weighted by Gasteiger charge is -2.28. The predicted octanol–water partition coefficient (Wildman–Crippen LogP) is 3.66. The van der Waals surface area contributed by atoms with Crippen LogP contribution in [0.5, 0.6) is 0 Å². The van der Waals surface area contributed by atoms with Crippen LogP contribution >= 0.6 is 11.9 Å². The molecule has 1 heterocycles. The second kappa shape index (κ2) is 6.94. The number of nitrogens with one attached hydrogen (secondary N) is 1. The van der Waals surface area contributed by atoms with Gasteiger partial charge in [0.25, 0.3) is 5.91 Å². The molecule has 1 amide bonds. The lowest BCUT2D eigenvalue weighted by atomic mass is 9.85. The molecule has 0 unspecified atom stereocenters. The first-order valence-corrected chi connectivity index (χ1v) is 8.89. The fourth-order valence-electron chi connectivity index (χ4n) is 3.06. The quantitative estimate of drug-likeness (QED) is 0.827. The highest BCUT2D eigenvalue weighted by molar-refractivity contribution is 7.97. The Kier molecular flexibility index (Phi) is 4.91. The van der Waals surface area contributed by atoms with E-state index in [2.05, 4.69) is 10.4 Å². The molecular weight excluding hydrogens is 327 g/mol. The van der Waals surface area contributed by atoms with Gasteiger partial charge in [-0.3, -0.25) is 14.6 Å². The van der Waals surface area contributed by atoms with E-state index >= 15 is 0 Å². The monoisotopic (exact) mass is 348 g/mol. The summed E-state index contributed by atoms with van der Waals surface area (Å²) in [6.45, 7) is 0. The number of benzene rings is 1. The molecule has 1 fully saturated rings. The van der Waals surface area contributed by atoms with Gasteiger partial charge in [-0.2, -0.15) is 5.10 Å². The molecule has 1 aliphatic carbocycles. The number of alkyl halides is 1. The summed E-state index contributed by atoms with van der Waals surface area (Å²) in [6, 6.07) is 5.50. The Hall–Kier alpha value is -1.86. The maximum atomic E-state index is 14.8. The fraction of sp³-hybridized carbons (Fsp3) is 0.412. The first-order valence-electron chi connectivity index (χ1n) is 8.01. The zero-order valence-corrected chi connectivity index (χ0v) is 14.4. The van der Waals surface area contributed by atoms with Crippen LogP contribution in [0.15, 0.2) is 35.5 Å². The largest absolute Gasteiger partial charge is 0.323 e. The smallest absolute Gasteiger partial charge is 0.262 e. The molecule has 128 valence electrons. The van der Waals surface area contributed by atoms with Crippen molar-refractivity contribution in [3.63, 3.8) is 0 Å². The van der Waals surface area contributed by atoms with Gasteiger partial charge in [-0.25, -0.2) is 4.39 Å². The molecule has 2 aromatic rings. The van der Waals surface area contributed by atoms with Crippen molar-refractivity contribution >= 4 is 23.5 Å². The van der Waals surface area contributed by atoms with Gasteiger partial charge in [-0.15, -0.1) is 0 Å². The van der Waals surface area contributed by atoms with Gasteiger partial charge < -0.3 is 5.32 Å². The van der Waals surface area contributed by atoms with Crippen molar-refractivity contribution in [2.45, 2.75) is 42.7 Å². The number of rotatable bonds is 4. The highest BCUT2D eigenvalue weighted by Gasteiger charge is 2.39. The molecular formula is C17H21FN4OS. The predicted molar refractivity (Wildman–Crippen MR) is 94.2 cm³/mol. The number of nitrogens with two attached hydrogens (primary N) is 1. The lowest BCUT2D eigenvalue weighted by molar-refractivity contribution is -0.129. The third kappa shape index (κ3) is 3.62. The number of carbonyl (C=O) groups is 1. The van der Waals surface area contributed by atoms with Crippen LogP contribution in [0.4, 0.5) is 10.1 Å². The van der Waals surface area contributed by atoms with Crippen LogP contribution in [0.2, 0.25) is 0 Å². The molecule has 1 aromatic carbocycles. The van der Waals surface area contributed by atoms with Gasteiger partial charge in [0.1, 0.15) is 0 Å². The van der Waals surface area contributed by atoms with Crippen molar-refractivity contribution < 1.29 is 9.18 Å². The van der Waals surface area contributed by atoms with Crippen LogP contribution in [-0.2, 0) is 11.8 Å². The van der Waals surface area contributed by atoms with Gasteiger partial charge in [-0.05, 0) is 61.4 Å². The summed E-state index contributed by atoms with van der Waals surface area (Å²) in [6.07, 6.45) is 6.70. The van der Waals surface area contributed by atoms with Crippen molar-refractivity contribution in [1.82, 2.24) is 9.78 Å². The second-order valence-electron chi connectivity index (χ2n) is 6.25. The minimum absolute atomic E-state index is 0.291. The average molecular weight is 348 g/mol. The molecule has 3 N–H and O–H groups in total. The SMILES string of the molecule is Cn1cc(-c2cc(NC(=O)C3(F)CCCCC3)cc(SN)c2)cn1. The number of aromatic nitrogens is 2. The van der Waals surface area contributed by atoms with Crippen molar-refractivity contribution in [2.75, 3.05) is 5.32 Å². The van der Waals surface area contributed by atoms with Crippen LogP contribution in [0.3, 0.4) is 0 Å². The van der Waals surface area contributed by atoms with E-state index in [0.717, 1.165) is 47.2 Å². The molecule has 0 spiro atoms. The van der Waals surface area contributed by atoms with Crippen LogP contribution < -0.4 is 10.5 Å². The van der Waals surface area contributed by atoms with Crippen molar-refractivity contribution in [1.29, 1.82) is 0 Å². The Balaban J connectivity index is 1.86. The van der Waals surface area contributed by atoms with Gasteiger partial charge in [0.2, 0.25) is 0 Å². The summed E-state index contributed by atoms with van der Waals surface area (Å²) in [7, 11) is 1.84. The van der Waals surface area contributed by atoms with E-state index in [1.165, 1.54) is 0 Å². The van der Waals surface area contributed by atoms with Crippen molar-refractivity contribution in [3.8, 4) is 11.1 Å². The first kappa shape index (κ1) is 17.0. The van der Waals surface area contributed by atoms with E-state index in [4.69, 9.17) is 5.14 Å². The highest BCUT2D eigenvalue weighted by Crippen LogP contribution is 2.34. The van der Waals surface area contributed by atoms with Crippen LogP contribution in [0.25, 0.3) is 11.1 Å². The Morgan fingerprint density at radius 1 is 1.29 bits per heavy atom. The van der Waals surface area contributed by atoms with E-state index in [9.17, 15) is 9.18 Å². The first-order chi connectivity index (χ1) is 11.5. The number of nitrogens with zero attached hydrogens (tertiary/aromatic N) is 2. The average Bonchev–Trinajstić information content (AvgIpc) is 3.01. The summed E-state index contributed by atoms with van der Waals surface area (Å²) in [5, 5.41) is 12.6. The highest BCUT2D eigenvalue weighted by atomic mass is 32.2. The Labute approximate surface area is 144 Å². The summed E-state index contributed by atoms with van der Waals surface area (Å²) in [4.78, 5) is 13.2. The van der Waals surface area contributed by atoms with Crippen molar-refractivity contribution in [2.24, 2.45) is 12.2 Å². The molecule has 0 atom stereocenters. The number of hydrogen-bond acceptors (Lipinski definition) is 4. The second-order valence-corrected chi connectivity index (χ2v) is 6.95. The molecule has 5 nitrogen and oxygen atoms in total. The Morgan fingerprint density at radius 3 is 2.67 bits per heavy atom. The fourth-order valence-corrected chi connectivity index (χ4v) is 3.45. The van der Waals surface area contributed by atoms with Gasteiger partial charge in [0.05, 0.1) is 6.20 Å². The summed E-state index contributed by atoms with van der Waals surface area (Å²) < 4.78 is 16.5. The van der Waals surface area contributed by atoms with E-state index in [1.807, 2.05) is 25.4 Å². The van der Waals surface area contributed by atoms with Gasteiger partial charge in [-0.1, -0.05) is 6.42 Å². The summed E-state index contributed by atoms with van der Waals surface area (Å²) in [5.41, 5.74) is 0.581. The maximum Gasteiger partial charge on any atom is 0.262 e. The van der Waals surface area contributed by atoms with Crippen LogP contribution in [0.1, 0.15) is 32.1 Å². The molecule has 0 radical (unpaired) electrons. The van der Waals surface area contributed by atoms with E-state index in [-0.39, 0.29) is 0 Å². The van der Waals surface area contributed by atoms with E-state index < -0.39 is 11.6 Å². The van der Waals surface area contributed by atoms with Gasteiger partial charge in [0, 0.05) is 29.4 Å². The molecule has 3 rings (SSSR count). The van der Waals surface area contributed by atoms with Crippen LogP contribution in [0, 0.1) is 0 Å². The summed E-state index contributed by atoms with van der Waals surface area (Å²) >= 11 is 1.09. The Morgan fingerprint density at radius 2 is 2.04 bits per heavy atom. The molecule has 1 aromatic heterocycles. The zero-order valence-electron chi connectivity index (χ0n) is 13.6. The number of aryl methyl sites for hydroxylation is 1.